The van der Waals surface area contributed by atoms with E-state index in [0.717, 1.165) is 12.1 Å². The van der Waals surface area contributed by atoms with Gasteiger partial charge in [0.05, 0.1) is 17.4 Å². The number of hydrogen-bond acceptors (Lipinski definition) is 6. The average Bonchev–Trinajstić information content (AvgIpc) is 3.37. The number of aryl methyl sites for hydroxylation is 1. The van der Waals surface area contributed by atoms with Gasteiger partial charge in [-0.15, -0.1) is 0 Å². The van der Waals surface area contributed by atoms with Crippen molar-refractivity contribution < 1.29 is 18.0 Å². The molecule has 0 saturated carbocycles. The third-order valence-electron chi connectivity index (χ3n) is 5.54. The zero-order chi connectivity index (χ0) is 23.3. The van der Waals surface area contributed by atoms with Crippen molar-refractivity contribution in [2.45, 2.75) is 26.4 Å². The van der Waals surface area contributed by atoms with Gasteiger partial charge < -0.3 is 9.47 Å². The van der Waals surface area contributed by atoms with Gasteiger partial charge in [-0.05, 0) is 49.6 Å². The molecule has 168 valence electrons. The summed E-state index contributed by atoms with van der Waals surface area (Å²) in [4.78, 5) is 27.1. The molecule has 1 atom stereocenters. The molecule has 11 heteroatoms. The number of carbonyl (C=O) groups is 1. The zero-order valence-corrected chi connectivity index (χ0v) is 18.4. The molecule has 1 aliphatic rings. The van der Waals surface area contributed by atoms with E-state index < -0.39 is 23.8 Å². The summed E-state index contributed by atoms with van der Waals surface area (Å²) in [6.07, 6.45) is 0. The van der Waals surface area contributed by atoms with Crippen LogP contribution in [-0.4, -0.2) is 41.2 Å². The molecule has 4 heterocycles. The monoisotopic (exact) mass is 470 g/mol. The number of halogens is 3. The topological polar surface area (TPSA) is 76.8 Å². The normalized spacial score (nSPS) is 15.5. The van der Waals surface area contributed by atoms with E-state index in [9.17, 15) is 18.0 Å². The predicted molar refractivity (Wildman–Crippen MR) is 115 cm³/mol. The van der Waals surface area contributed by atoms with Gasteiger partial charge in [0.15, 0.2) is 10.8 Å². The largest absolute Gasteiger partial charge is 0.329 e. The molecule has 1 aromatic carbocycles. The summed E-state index contributed by atoms with van der Waals surface area (Å²) in [5.41, 5.74) is 1.50. The first-order valence-corrected chi connectivity index (χ1v) is 10.9. The Morgan fingerprint density at radius 1 is 1.03 bits per heavy atom. The van der Waals surface area contributed by atoms with Crippen LogP contribution in [-0.2, 0) is 6.54 Å². The van der Waals surface area contributed by atoms with E-state index in [-0.39, 0.29) is 11.5 Å². The maximum atomic E-state index is 13.9. The Kier molecular flexibility index (Phi) is 5.20. The maximum Gasteiger partial charge on any atom is 0.254 e. The highest BCUT2D eigenvalue weighted by atomic mass is 32.1. The second-order valence-corrected chi connectivity index (χ2v) is 8.40. The molecule has 0 spiro atoms. The van der Waals surface area contributed by atoms with Crippen LogP contribution in [0.3, 0.4) is 0 Å². The Labute approximate surface area is 190 Å². The molecule has 0 fully saturated rings. The van der Waals surface area contributed by atoms with Crippen molar-refractivity contribution in [2.75, 3.05) is 6.54 Å². The van der Waals surface area contributed by atoms with Crippen LogP contribution in [0.15, 0.2) is 36.4 Å². The van der Waals surface area contributed by atoms with Gasteiger partial charge in [0, 0.05) is 36.3 Å². The zero-order valence-electron chi connectivity index (χ0n) is 17.6. The van der Waals surface area contributed by atoms with Crippen LogP contribution in [0.4, 0.5) is 13.2 Å². The molecule has 33 heavy (non-hydrogen) atoms. The molecule has 4 aromatic rings. The summed E-state index contributed by atoms with van der Waals surface area (Å²) in [5, 5.41) is 0.570. The third-order valence-corrected chi connectivity index (χ3v) is 6.34. The molecule has 0 radical (unpaired) electrons. The highest BCUT2D eigenvalue weighted by Crippen LogP contribution is 2.38. The number of aromatic nitrogens is 5. The minimum absolute atomic E-state index is 0.208. The first kappa shape index (κ1) is 21.3. The molecule has 1 amide bonds. The highest BCUT2D eigenvalue weighted by Gasteiger charge is 2.35. The molecule has 1 aliphatic heterocycles. The number of pyridine rings is 1. The number of imidazole rings is 1. The fourth-order valence-corrected chi connectivity index (χ4v) is 4.73. The number of nitrogens with zero attached hydrogens (tertiary/aromatic N) is 6. The van der Waals surface area contributed by atoms with Crippen LogP contribution < -0.4 is 0 Å². The van der Waals surface area contributed by atoms with Crippen molar-refractivity contribution in [3.05, 3.63) is 71.2 Å². The van der Waals surface area contributed by atoms with E-state index in [1.165, 1.54) is 35.8 Å². The molecule has 7 nitrogen and oxygen atoms in total. The number of amides is 1. The van der Waals surface area contributed by atoms with Gasteiger partial charge >= 0.3 is 0 Å². The first-order chi connectivity index (χ1) is 15.8. The van der Waals surface area contributed by atoms with E-state index in [0.29, 0.717) is 46.7 Å². The van der Waals surface area contributed by atoms with Gasteiger partial charge in [-0.25, -0.2) is 14.4 Å². The van der Waals surface area contributed by atoms with Crippen LogP contribution in [0.1, 0.15) is 34.8 Å². The standard InChI is InChI=1S/C22H17F3N6OS/c1-11-19-18(14-9-16(24)27-17(25)10-14)28-20(21-26-12(2)29-33-21)31(19)8-7-30(11)22(32)13-3-5-15(23)6-4-13/h3-6,9-11H,7-8H2,1-2H3/t11-/m1/s1. The number of rotatable bonds is 3. The van der Waals surface area contributed by atoms with Gasteiger partial charge in [-0.2, -0.15) is 18.1 Å². The van der Waals surface area contributed by atoms with Crippen LogP contribution >= 0.6 is 11.5 Å². The minimum atomic E-state index is -0.970. The Morgan fingerprint density at radius 2 is 1.73 bits per heavy atom. The van der Waals surface area contributed by atoms with E-state index >= 15 is 0 Å². The first-order valence-electron chi connectivity index (χ1n) is 10.1. The summed E-state index contributed by atoms with van der Waals surface area (Å²) in [6, 6.07) is 7.05. The molecule has 0 unspecified atom stereocenters. The van der Waals surface area contributed by atoms with Crippen molar-refractivity contribution in [1.29, 1.82) is 0 Å². The van der Waals surface area contributed by atoms with Crippen molar-refractivity contribution in [2.24, 2.45) is 0 Å². The SMILES string of the molecule is Cc1nsc(-c2nc(-c3cc(F)nc(F)c3)c3n2CCN(C(=O)c2ccc(F)cc2)[C@@H]3C)n1. The van der Waals surface area contributed by atoms with E-state index in [1.54, 1.807) is 11.8 Å². The number of hydrogen-bond donors (Lipinski definition) is 0. The lowest BCUT2D eigenvalue weighted by molar-refractivity contribution is 0.0645. The minimum Gasteiger partial charge on any atom is -0.329 e. The van der Waals surface area contributed by atoms with Crippen LogP contribution in [0.2, 0.25) is 0 Å². The maximum absolute atomic E-state index is 13.9. The lowest BCUT2D eigenvalue weighted by Gasteiger charge is -2.35. The highest BCUT2D eigenvalue weighted by molar-refractivity contribution is 7.09. The Balaban J connectivity index is 1.64. The Hall–Kier alpha value is -3.60. The smallest absolute Gasteiger partial charge is 0.254 e. The quantitative estimate of drug-likeness (QED) is 0.415. The number of carbonyl (C=O) groups excluding carboxylic acids is 1. The lowest BCUT2D eigenvalue weighted by Crippen LogP contribution is -2.41. The van der Waals surface area contributed by atoms with Gasteiger partial charge in [0.2, 0.25) is 11.9 Å². The van der Waals surface area contributed by atoms with Gasteiger partial charge in [0.25, 0.3) is 5.91 Å². The molecule has 3 aromatic heterocycles. The lowest BCUT2D eigenvalue weighted by atomic mass is 10.0. The van der Waals surface area contributed by atoms with Crippen molar-refractivity contribution in [1.82, 2.24) is 28.8 Å². The third kappa shape index (κ3) is 3.78. The molecule has 0 bridgehead atoms. The van der Waals surface area contributed by atoms with Gasteiger partial charge in [-0.1, -0.05) is 0 Å². The second-order valence-electron chi connectivity index (χ2n) is 7.65. The fraction of sp³-hybridized carbons (Fsp3) is 0.227. The van der Waals surface area contributed by atoms with Crippen molar-refractivity contribution in [3.8, 4) is 22.1 Å². The predicted octanol–water partition coefficient (Wildman–Crippen LogP) is 4.41. The van der Waals surface area contributed by atoms with Crippen molar-refractivity contribution >= 4 is 17.4 Å². The Bertz CT molecular complexity index is 1350. The van der Waals surface area contributed by atoms with Crippen molar-refractivity contribution in [3.63, 3.8) is 0 Å². The summed E-state index contributed by atoms with van der Waals surface area (Å²) in [7, 11) is 0. The van der Waals surface area contributed by atoms with Gasteiger partial charge in [-0.3, -0.25) is 4.79 Å². The molecule has 0 aliphatic carbocycles. The molecular formula is C22H17F3N6OS. The van der Waals surface area contributed by atoms with Gasteiger partial charge in [0.1, 0.15) is 11.6 Å². The molecule has 0 saturated heterocycles. The number of benzene rings is 1. The molecular weight excluding hydrogens is 453 g/mol. The van der Waals surface area contributed by atoms with Crippen LogP contribution in [0.5, 0.6) is 0 Å². The van der Waals surface area contributed by atoms with Crippen LogP contribution in [0.25, 0.3) is 22.1 Å². The Morgan fingerprint density at radius 3 is 2.36 bits per heavy atom. The van der Waals surface area contributed by atoms with E-state index in [2.05, 4.69) is 19.3 Å². The number of fused-ring (bicyclic) bond motifs is 1. The summed E-state index contributed by atoms with van der Waals surface area (Å²) in [6.45, 7) is 4.34. The summed E-state index contributed by atoms with van der Waals surface area (Å²) >= 11 is 1.18. The van der Waals surface area contributed by atoms with E-state index in [4.69, 9.17) is 0 Å². The molecule has 5 rings (SSSR count). The average molecular weight is 470 g/mol. The molecule has 0 N–H and O–H groups in total. The summed E-state index contributed by atoms with van der Waals surface area (Å²) in [5.74, 6) is -1.54. The van der Waals surface area contributed by atoms with Crippen LogP contribution in [0, 0.1) is 24.6 Å². The summed E-state index contributed by atoms with van der Waals surface area (Å²) < 4.78 is 47.3. The fourth-order valence-electron chi connectivity index (χ4n) is 4.07. The van der Waals surface area contributed by atoms with E-state index in [1.807, 2.05) is 11.5 Å². The second kappa shape index (κ2) is 8.07.